The minimum atomic E-state index is -1.31. The molecule has 0 saturated carbocycles. The number of nitrogens with zero attached hydrogens (tertiary/aromatic N) is 4. The van der Waals surface area contributed by atoms with Crippen molar-refractivity contribution in [3.63, 3.8) is 0 Å². The number of para-hydroxylation sites is 2. The Hall–Kier alpha value is -3.72. The summed E-state index contributed by atoms with van der Waals surface area (Å²) in [7, 11) is 0. The van der Waals surface area contributed by atoms with E-state index in [0.29, 0.717) is 37.4 Å². The molecule has 9 heteroatoms. The molecule has 2 aromatic carbocycles. The number of aromatic carboxylic acids is 1. The third-order valence-electron chi connectivity index (χ3n) is 6.24. The summed E-state index contributed by atoms with van der Waals surface area (Å²) in [6.45, 7) is 5.76. The summed E-state index contributed by atoms with van der Waals surface area (Å²) >= 11 is 0. The largest absolute Gasteiger partial charge is 0.477 e. The summed E-state index contributed by atoms with van der Waals surface area (Å²) in [5, 5.41) is 9.40. The lowest BCUT2D eigenvalue weighted by molar-refractivity contribution is 0.0695. The van der Waals surface area contributed by atoms with Crippen LogP contribution in [0.2, 0.25) is 0 Å². The lowest BCUT2D eigenvalue weighted by Gasteiger charge is -2.36. The lowest BCUT2D eigenvalue weighted by atomic mass is 10.1. The molecule has 0 unspecified atom stereocenters. The van der Waals surface area contributed by atoms with Gasteiger partial charge in [0.05, 0.1) is 28.8 Å². The van der Waals surface area contributed by atoms with Crippen molar-refractivity contribution in [3.8, 4) is 0 Å². The highest BCUT2D eigenvalue weighted by Crippen LogP contribution is 2.26. The number of carboxylic acids is 1. The van der Waals surface area contributed by atoms with Gasteiger partial charge < -0.3 is 19.6 Å². The van der Waals surface area contributed by atoms with Crippen LogP contribution in [0.3, 0.4) is 0 Å². The zero-order valence-corrected chi connectivity index (χ0v) is 18.2. The number of halogens is 1. The van der Waals surface area contributed by atoms with Crippen molar-refractivity contribution in [1.82, 2.24) is 19.4 Å². The van der Waals surface area contributed by atoms with Gasteiger partial charge >= 0.3 is 5.97 Å². The third kappa shape index (κ3) is 3.84. The molecule has 170 valence electrons. The second kappa shape index (κ2) is 8.32. The van der Waals surface area contributed by atoms with Crippen LogP contribution in [-0.2, 0) is 13.1 Å². The summed E-state index contributed by atoms with van der Waals surface area (Å²) in [6, 6.07) is 10.8. The fourth-order valence-electron chi connectivity index (χ4n) is 4.49. The second-order valence-electron chi connectivity index (χ2n) is 8.25. The number of carboxylic acid groups (broad SMARTS) is 1. The van der Waals surface area contributed by atoms with Gasteiger partial charge in [-0.05, 0) is 31.2 Å². The number of carbonyl (C=O) groups is 1. The number of nitrogens with one attached hydrogen (secondary N) is 1. The fourth-order valence-corrected chi connectivity index (χ4v) is 4.49. The van der Waals surface area contributed by atoms with Gasteiger partial charge in [-0.25, -0.2) is 14.2 Å². The van der Waals surface area contributed by atoms with Crippen LogP contribution in [0, 0.1) is 5.82 Å². The number of imidazole rings is 1. The maximum atomic E-state index is 15.0. The molecular weight excluding hydrogens is 425 g/mol. The van der Waals surface area contributed by atoms with Crippen molar-refractivity contribution in [2.45, 2.75) is 20.0 Å². The molecule has 2 aromatic heterocycles. The Kier molecular flexibility index (Phi) is 5.33. The van der Waals surface area contributed by atoms with Crippen molar-refractivity contribution in [2.75, 3.05) is 31.1 Å². The average molecular weight is 449 g/mol. The zero-order valence-electron chi connectivity index (χ0n) is 18.2. The van der Waals surface area contributed by atoms with E-state index in [-0.39, 0.29) is 10.9 Å². The molecule has 0 radical (unpaired) electrons. The Morgan fingerprint density at radius 2 is 1.94 bits per heavy atom. The van der Waals surface area contributed by atoms with E-state index in [0.717, 1.165) is 29.9 Å². The zero-order chi connectivity index (χ0) is 23.1. The van der Waals surface area contributed by atoms with E-state index in [1.165, 1.54) is 12.3 Å². The van der Waals surface area contributed by atoms with Gasteiger partial charge in [0.15, 0.2) is 0 Å². The highest BCUT2D eigenvalue weighted by molar-refractivity contribution is 5.93. The molecule has 1 aliphatic heterocycles. The number of aromatic amines is 1. The van der Waals surface area contributed by atoms with Crippen LogP contribution in [-0.4, -0.2) is 56.7 Å². The standard InChI is InChI=1S/C24H24FN5O3/c1-2-29-13-16(24(32)33)23(31)15-11-17(25)21(12-20(15)29)30-9-7-28(8-10-30)14-22-26-18-5-3-4-6-19(18)27-22/h3-6,11-13H,2,7-10,14H2,1H3,(H,26,27)(H,32,33). The predicted molar refractivity (Wildman–Crippen MR) is 124 cm³/mol. The van der Waals surface area contributed by atoms with Crippen molar-refractivity contribution in [3.05, 3.63) is 70.0 Å². The summed E-state index contributed by atoms with van der Waals surface area (Å²) in [5.74, 6) is -0.924. The van der Waals surface area contributed by atoms with Gasteiger partial charge in [-0.2, -0.15) is 0 Å². The van der Waals surface area contributed by atoms with E-state index in [2.05, 4.69) is 14.9 Å². The van der Waals surface area contributed by atoms with Gasteiger partial charge in [0.2, 0.25) is 5.43 Å². The number of anilines is 1. The van der Waals surface area contributed by atoms with Crippen molar-refractivity contribution in [2.24, 2.45) is 0 Å². The SMILES string of the molecule is CCn1cc(C(=O)O)c(=O)c2cc(F)c(N3CCN(Cc4nc5ccccc5[nH]4)CC3)cc21. The molecule has 33 heavy (non-hydrogen) atoms. The van der Waals surface area contributed by atoms with Crippen LogP contribution in [0.5, 0.6) is 0 Å². The minimum absolute atomic E-state index is 0.0847. The maximum Gasteiger partial charge on any atom is 0.341 e. The normalized spacial score (nSPS) is 14.9. The second-order valence-corrected chi connectivity index (χ2v) is 8.25. The topological polar surface area (TPSA) is 94.5 Å². The number of rotatable bonds is 5. The first-order chi connectivity index (χ1) is 15.9. The lowest BCUT2D eigenvalue weighted by Crippen LogP contribution is -2.46. The Labute approximate surface area is 188 Å². The molecule has 0 atom stereocenters. The van der Waals surface area contributed by atoms with E-state index >= 15 is 4.39 Å². The molecule has 1 aliphatic rings. The first-order valence-electron chi connectivity index (χ1n) is 11.0. The van der Waals surface area contributed by atoms with Crippen LogP contribution in [0.15, 0.2) is 47.4 Å². The molecule has 0 bridgehead atoms. The molecule has 0 aliphatic carbocycles. The summed E-state index contributed by atoms with van der Waals surface area (Å²) in [5.41, 5.74) is 1.90. The predicted octanol–water partition coefficient (Wildman–Crippen LogP) is 3.06. The number of piperazine rings is 1. The first-order valence-corrected chi connectivity index (χ1v) is 11.0. The van der Waals surface area contributed by atoms with Crippen molar-refractivity contribution in [1.29, 1.82) is 0 Å². The molecule has 2 N–H and O–H groups in total. The number of benzene rings is 2. The van der Waals surface area contributed by atoms with E-state index in [9.17, 15) is 14.7 Å². The first kappa shape index (κ1) is 21.1. The van der Waals surface area contributed by atoms with E-state index in [1.807, 2.05) is 36.1 Å². The van der Waals surface area contributed by atoms with Gasteiger partial charge in [0, 0.05) is 44.3 Å². The summed E-state index contributed by atoms with van der Waals surface area (Å²) < 4.78 is 16.7. The Bertz CT molecular complexity index is 1390. The van der Waals surface area contributed by atoms with E-state index < -0.39 is 17.2 Å². The van der Waals surface area contributed by atoms with Gasteiger partial charge in [-0.3, -0.25) is 9.69 Å². The highest BCUT2D eigenvalue weighted by Gasteiger charge is 2.23. The Balaban J connectivity index is 1.37. The number of aryl methyl sites for hydroxylation is 1. The summed E-state index contributed by atoms with van der Waals surface area (Å²) in [4.78, 5) is 36.2. The van der Waals surface area contributed by atoms with Crippen molar-refractivity contribution >= 4 is 33.6 Å². The molecule has 0 amide bonds. The molecule has 5 rings (SSSR count). The number of pyridine rings is 1. The summed E-state index contributed by atoms with van der Waals surface area (Å²) in [6.07, 6.45) is 1.33. The van der Waals surface area contributed by atoms with Gasteiger partial charge in [-0.15, -0.1) is 0 Å². The molecule has 1 saturated heterocycles. The van der Waals surface area contributed by atoms with Crippen molar-refractivity contribution < 1.29 is 14.3 Å². The Morgan fingerprint density at radius 1 is 1.18 bits per heavy atom. The quantitative estimate of drug-likeness (QED) is 0.486. The van der Waals surface area contributed by atoms with Crippen LogP contribution in [0.1, 0.15) is 23.1 Å². The molecule has 0 spiro atoms. The molecule has 1 fully saturated rings. The molecule has 4 aromatic rings. The number of aromatic nitrogens is 3. The van der Waals surface area contributed by atoms with Gasteiger partial charge in [0.25, 0.3) is 0 Å². The van der Waals surface area contributed by atoms with E-state index in [1.54, 1.807) is 10.6 Å². The molecule has 3 heterocycles. The van der Waals surface area contributed by atoms with E-state index in [4.69, 9.17) is 0 Å². The van der Waals surface area contributed by atoms with Crippen LogP contribution in [0.4, 0.5) is 10.1 Å². The van der Waals surface area contributed by atoms with Crippen LogP contribution < -0.4 is 10.3 Å². The smallest absolute Gasteiger partial charge is 0.341 e. The van der Waals surface area contributed by atoms with Gasteiger partial charge in [-0.1, -0.05) is 12.1 Å². The van der Waals surface area contributed by atoms with Gasteiger partial charge in [0.1, 0.15) is 17.2 Å². The molecule has 8 nitrogen and oxygen atoms in total. The monoisotopic (exact) mass is 449 g/mol. The minimum Gasteiger partial charge on any atom is -0.477 e. The molecular formula is C24H24FN5O3. The van der Waals surface area contributed by atoms with Crippen LogP contribution >= 0.6 is 0 Å². The van der Waals surface area contributed by atoms with Crippen LogP contribution in [0.25, 0.3) is 21.9 Å². The number of hydrogen-bond donors (Lipinski definition) is 2. The average Bonchev–Trinajstić information content (AvgIpc) is 3.22. The number of hydrogen-bond acceptors (Lipinski definition) is 5. The fraction of sp³-hybridized carbons (Fsp3) is 0.292. The maximum absolute atomic E-state index is 15.0. The number of fused-ring (bicyclic) bond motifs is 2. The third-order valence-corrected chi connectivity index (χ3v) is 6.24. The Morgan fingerprint density at radius 3 is 2.64 bits per heavy atom. The highest BCUT2D eigenvalue weighted by atomic mass is 19.1. The number of H-pyrrole nitrogens is 1.